The van der Waals surface area contributed by atoms with Crippen LogP contribution < -0.4 is 5.32 Å². The number of nitrogens with one attached hydrogen (secondary N) is 1. The monoisotopic (exact) mass is 256 g/mol. The van der Waals surface area contributed by atoms with Gasteiger partial charge in [-0.25, -0.2) is 0 Å². The van der Waals surface area contributed by atoms with Crippen molar-refractivity contribution < 1.29 is 9.53 Å². The molecular formula is C14H28N2O2. The van der Waals surface area contributed by atoms with Gasteiger partial charge in [0, 0.05) is 13.2 Å². The molecule has 0 bridgehead atoms. The predicted molar refractivity (Wildman–Crippen MR) is 73.3 cm³/mol. The predicted octanol–water partition coefficient (Wildman–Crippen LogP) is 2.00. The molecule has 1 saturated heterocycles. The molecule has 0 radical (unpaired) electrons. The topological polar surface area (TPSA) is 41.6 Å². The standard InChI is InChI=1S/C14H28N2O2/c1-5-12-14(17)16(13(6-2)15-12)8-10-18-9-7-11(3)4/h11-13,15H,5-10H2,1-4H3. The van der Waals surface area contributed by atoms with Gasteiger partial charge in [0.25, 0.3) is 0 Å². The second kappa shape index (κ2) is 7.74. The first-order valence-corrected chi connectivity index (χ1v) is 7.24. The van der Waals surface area contributed by atoms with Crippen LogP contribution in [0.5, 0.6) is 0 Å². The van der Waals surface area contributed by atoms with Crippen molar-refractivity contribution in [1.29, 1.82) is 0 Å². The molecule has 0 saturated carbocycles. The molecule has 1 aliphatic heterocycles. The van der Waals surface area contributed by atoms with Crippen molar-refractivity contribution in [1.82, 2.24) is 10.2 Å². The Morgan fingerprint density at radius 3 is 2.56 bits per heavy atom. The van der Waals surface area contributed by atoms with Gasteiger partial charge >= 0.3 is 0 Å². The molecular weight excluding hydrogens is 228 g/mol. The minimum atomic E-state index is 0.00520. The average Bonchev–Trinajstić information content (AvgIpc) is 2.65. The van der Waals surface area contributed by atoms with Crippen LogP contribution in [0.4, 0.5) is 0 Å². The quantitative estimate of drug-likeness (QED) is 0.675. The van der Waals surface area contributed by atoms with E-state index in [1.807, 2.05) is 11.8 Å². The normalized spacial score (nSPS) is 24.3. The molecule has 0 aromatic carbocycles. The highest BCUT2D eigenvalue weighted by molar-refractivity contribution is 5.84. The summed E-state index contributed by atoms with van der Waals surface area (Å²) in [5.74, 6) is 0.907. The van der Waals surface area contributed by atoms with E-state index < -0.39 is 0 Å². The first-order valence-electron chi connectivity index (χ1n) is 7.24. The van der Waals surface area contributed by atoms with Crippen LogP contribution >= 0.6 is 0 Å². The Balaban J connectivity index is 2.29. The van der Waals surface area contributed by atoms with Crippen molar-refractivity contribution in [3.8, 4) is 0 Å². The third kappa shape index (κ3) is 4.25. The van der Waals surface area contributed by atoms with Gasteiger partial charge in [-0.2, -0.15) is 0 Å². The summed E-state index contributed by atoms with van der Waals surface area (Å²) >= 11 is 0. The Morgan fingerprint density at radius 1 is 1.28 bits per heavy atom. The van der Waals surface area contributed by atoms with E-state index in [1.165, 1.54) is 0 Å². The summed E-state index contributed by atoms with van der Waals surface area (Å²) in [5.41, 5.74) is 0. The van der Waals surface area contributed by atoms with Gasteiger partial charge in [-0.1, -0.05) is 27.7 Å². The van der Waals surface area contributed by atoms with Gasteiger partial charge in [-0.15, -0.1) is 0 Å². The van der Waals surface area contributed by atoms with Crippen molar-refractivity contribution in [3.05, 3.63) is 0 Å². The lowest BCUT2D eigenvalue weighted by Crippen LogP contribution is -2.39. The van der Waals surface area contributed by atoms with Crippen molar-refractivity contribution in [2.75, 3.05) is 19.8 Å². The first kappa shape index (κ1) is 15.4. The van der Waals surface area contributed by atoms with Crippen LogP contribution in [0.1, 0.15) is 47.0 Å². The molecule has 2 unspecified atom stereocenters. The Labute approximate surface area is 111 Å². The summed E-state index contributed by atoms with van der Waals surface area (Å²) in [6.45, 7) is 10.7. The second-order valence-electron chi connectivity index (χ2n) is 5.38. The van der Waals surface area contributed by atoms with Crippen molar-refractivity contribution in [2.45, 2.75) is 59.2 Å². The lowest BCUT2D eigenvalue weighted by atomic mass is 10.1. The fourth-order valence-corrected chi connectivity index (χ4v) is 2.23. The molecule has 4 nitrogen and oxygen atoms in total. The zero-order valence-corrected chi connectivity index (χ0v) is 12.2. The Morgan fingerprint density at radius 2 is 2.00 bits per heavy atom. The number of hydrogen-bond donors (Lipinski definition) is 1. The van der Waals surface area contributed by atoms with E-state index in [4.69, 9.17) is 4.74 Å². The fraction of sp³-hybridized carbons (Fsp3) is 0.929. The van der Waals surface area contributed by atoms with Crippen molar-refractivity contribution in [3.63, 3.8) is 0 Å². The Kier molecular flexibility index (Phi) is 6.65. The van der Waals surface area contributed by atoms with E-state index in [9.17, 15) is 4.79 Å². The van der Waals surface area contributed by atoms with E-state index in [2.05, 4.69) is 26.1 Å². The van der Waals surface area contributed by atoms with Crippen LogP contribution in [0.15, 0.2) is 0 Å². The van der Waals surface area contributed by atoms with E-state index in [0.717, 1.165) is 25.9 Å². The number of carbonyl (C=O) groups is 1. The summed E-state index contributed by atoms with van der Waals surface area (Å²) in [7, 11) is 0. The van der Waals surface area contributed by atoms with Crippen LogP contribution in [-0.4, -0.2) is 42.8 Å². The van der Waals surface area contributed by atoms with Gasteiger partial charge in [-0.3, -0.25) is 10.1 Å². The minimum Gasteiger partial charge on any atom is -0.380 e. The molecule has 1 amide bonds. The molecule has 0 aromatic rings. The summed E-state index contributed by atoms with van der Waals surface area (Å²) in [6, 6.07) is 0.00520. The highest BCUT2D eigenvalue weighted by atomic mass is 16.5. The van der Waals surface area contributed by atoms with Crippen LogP contribution in [0.2, 0.25) is 0 Å². The zero-order chi connectivity index (χ0) is 13.5. The third-order valence-corrected chi connectivity index (χ3v) is 3.46. The molecule has 0 spiro atoms. The minimum absolute atomic E-state index is 0.00520. The highest BCUT2D eigenvalue weighted by Crippen LogP contribution is 2.15. The summed E-state index contributed by atoms with van der Waals surface area (Å²) < 4.78 is 5.59. The van der Waals surface area contributed by atoms with E-state index in [-0.39, 0.29) is 18.1 Å². The maximum atomic E-state index is 12.1. The molecule has 1 aliphatic rings. The van der Waals surface area contributed by atoms with Crippen LogP contribution in [0.3, 0.4) is 0 Å². The molecule has 1 N–H and O–H groups in total. The average molecular weight is 256 g/mol. The molecule has 0 aromatic heterocycles. The van der Waals surface area contributed by atoms with Gasteiger partial charge in [-0.05, 0) is 25.2 Å². The first-order chi connectivity index (χ1) is 8.60. The molecule has 1 rings (SSSR count). The number of nitrogens with zero attached hydrogens (tertiary/aromatic N) is 1. The van der Waals surface area contributed by atoms with E-state index >= 15 is 0 Å². The molecule has 18 heavy (non-hydrogen) atoms. The fourth-order valence-electron chi connectivity index (χ4n) is 2.23. The van der Waals surface area contributed by atoms with Gasteiger partial charge < -0.3 is 9.64 Å². The Hall–Kier alpha value is -0.610. The molecule has 1 heterocycles. The lowest BCUT2D eigenvalue weighted by Gasteiger charge is -2.23. The molecule has 106 valence electrons. The number of rotatable bonds is 8. The maximum absolute atomic E-state index is 12.1. The van der Waals surface area contributed by atoms with Crippen molar-refractivity contribution in [2.24, 2.45) is 5.92 Å². The zero-order valence-electron chi connectivity index (χ0n) is 12.2. The number of hydrogen-bond acceptors (Lipinski definition) is 3. The van der Waals surface area contributed by atoms with Gasteiger partial charge in [0.2, 0.25) is 5.91 Å². The summed E-state index contributed by atoms with van der Waals surface area (Å²) in [5, 5.41) is 3.37. The summed E-state index contributed by atoms with van der Waals surface area (Å²) in [6.07, 6.45) is 3.09. The largest absolute Gasteiger partial charge is 0.380 e. The smallest absolute Gasteiger partial charge is 0.241 e. The van der Waals surface area contributed by atoms with Crippen LogP contribution in [-0.2, 0) is 9.53 Å². The second-order valence-corrected chi connectivity index (χ2v) is 5.38. The van der Waals surface area contributed by atoms with Gasteiger partial charge in [0.05, 0.1) is 18.8 Å². The third-order valence-electron chi connectivity index (χ3n) is 3.46. The summed E-state index contributed by atoms with van der Waals surface area (Å²) in [4.78, 5) is 14.0. The molecule has 0 aliphatic carbocycles. The number of amides is 1. The Bertz CT molecular complexity index is 256. The van der Waals surface area contributed by atoms with Gasteiger partial charge in [0.1, 0.15) is 0 Å². The van der Waals surface area contributed by atoms with E-state index in [0.29, 0.717) is 19.1 Å². The number of carbonyl (C=O) groups excluding carboxylic acids is 1. The van der Waals surface area contributed by atoms with Crippen LogP contribution in [0.25, 0.3) is 0 Å². The highest BCUT2D eigenvalue weighted by Gasteiger charge is 2.36. The SMILES string of the molecule is CCC1NC(CC)N(CCOCCC(C)C)C1=O. The molecule has 1 fully saturated rings. The molecule has 4 heteroatoms. The van der Waals surface area contributed by atoms with Crippen LogP contribution in [0, 0.1) is 5.92 Å². The van der Waals surface area contributed by atoms with Crippen molar-refractivity contribution >= 4 is 5.91 Å². The van der Waals surface area contributed by atoms with Gasteiger partial charge in [0.15, 0.2) is 0 Å². The lowest BCUT2D eigenvalue weighted by molar-refractivity contribution is -0.130. The maximum Gasteiger partial charge on any atom is 0.241 e. The molecule has 2 atom stereocenters. The number of ether oxygens (including phenoxy) is 1. The van der Waals surface area contributed by atoms with E-state index in [1.54, 1.807) is 0 Å².